The predicted octanol–water partition coefficient (Wildman–Crippen LogP) is 6.11. The number of carbonyl (C=O) groups excluding carboxylic acids is 1. The van der Waals surface area contributed by atoms with E-state index in [2.05, 4.69) is 28.6 Å². The van der Waals surface area contributed by atoms with Gasteiger partial charge in [0.1, 0.15) is 5.52 Å². The molecule has 5 nitrogen and oxygen atoms in total. The van der Waals surface area contributed by atoms with Gasteiger partial charge in [0.15, 0.2) is 10.7 Å². The Morgan fingerprint density at radius 1 is 1.00 bits per heavy atom. The molecule has 3 aromatic carbocycles. The quantitative estimate of drug-likeness (QED) is 0.373. The second-order valence-electron chi connectivity index (χ2n) is 7.99. The maximum Gasteiger partial charge on any atom is 0.257 e. The van der Waals surface area contributed by atoms with E-state index in [0.717, 1.165) is 45.5 Å². The molecule has 4 rings (SSSR count). The van der Waals surface area contributed by atoms with Gasteiger partial charge in [0.2, 0.25) is 5.89 Å². The normalized spacial score (nSPS) is 10.9. The van der Waals surface area contributed by atoms with E-state index in [1.165, 1.54) is 5.56 Å². The molecule has 0 saturated carbocycles. The number of aromatic nitrogens is 1. The Balaban J connectivity index is 1.54. The second kappa shape index (κ2) is 8.93. The first-order valence-electron chi connectivity index (χ1n) is 10.5. The van der Waals surface area contributed by atoms with Crippen molar-refractivity contribution in [1.29, 1.82) is 0 Å². The molecule has 0 unspecified atom stereocenters. The molecule has 1 heterocycles. The third kappa shape index (κ3) is 4.70. The van der Waals surface area contributed by atoms with Crippen molar-refractivity contribution in [2.24, 2.45) is 0 Å². The highest BCUT2D eigenvalue weighted by atomic mass is 32.1. The van der Waals surface area contributed by atoms with Gasteiger partial charge in [0.05, 0.1) is 0 Å². The number of aryl methyl sites for hydroxylation is 4. The fourth-order valence-corrected chi connectivity index (χ4v) is 3.84. The summed E-state index contributed by atoms with van der Waals surface area (Å²) in [5.74, 6) is 0.301. The number of thiocarbonyl (C=S) groups is 1. The maximum absolute atomic E-state index is 12.6. The Hall–Kier alpha value is -3.51. The monoisotopic (exact) mass is 443 g/mol. The van der Waals surface area contributed by atoms with Crippen LogP contribution in [-0.4, -0.2) is 16.0 Å². The molecule has 0 atom stereocenters. The van der Waals surface area contributed by atoms with Gasteiger partial charge in [-0.15, -0.1) is 0 Å². The molecule has 0 saturated heterocycles. The molecule has 0 aliphatic carbocycles. The van der Waals surface area contributed by atoms with E-state index < -0.39 is 0 Å². The van der Waals surface area contributed by atoms with Gasteiger partial charge in [-0.1, -0.05) is 36.2 Å². The fraction of sp³-hybridized carbons (Fsp3) is 0.192. The van der Waals surface area contributed by atoms with Crippen molar-refractivity contribution in [2.75, 3.05) is 5.32 Å². The number of hydrogen-bond donors (Lipinski definition) is 2. The lowest BCUT2D eigenvalue weighted by Crippen LogP contribution is -2.34. The van der Waals surface area contributed by atoms with Crippen molar-refractivity contribution in [3.8, 4) is 11.5 Å². The van der Waals surface area contributed by atoms with Gasteiger partial charge >= 0.3 is 0 Å². The Kier molecular flexibility index (Phi) is 6.06. The van der Waals surface area contributed by atoms with Crippen LogP contribution >= 0.6 is 12.2 Å². The van der Waals surface area contributed by atoms with Gasteiger partial charge in [-0.25, -0.2) is 4.98 Å². The van der Waals surface area contributed by atoms with Crippen molar-refractivity contribution < 1.29 is 9.21 Å². The van der Waals surface area contributed by atoms with Gasteiger partial charge < -0.3 is 9.73 Å². The van der Waals surface area contributed by atoms with Crippen LogP contribution in [0.25, 0.3) is 22.6 Å². The van der Waals surface area contributed by atoms with E-state index >= 15 is 0 Å². The molecule has 162 valence electrons. The molecule has 1 amide bonds. The minimum atomic E-state index is -0.242. The second-order valence-corrected chi connectivity index (χ2v) is 8.40. The van der Waals surface area contributed by atoms with Crippen LogP contribution in [-0.2, 0) is 6.42 Å². The highest BCUT2D eigenvalue weighted by Crippen LogP contribution is 2.28. The lowest BCUT2D eigenvalue weighted by Gasteiger charge is -2.13. The van der Waals surface area contributed by atoms with Crippen LogP contribution in [0.1, 0.15) is 39.5 Å². The summed E-state index contributed by atoms with van der Waals surface area (Å²) in [6, 6.07) is 17.6. The molecule has 4 aromatic rings. The van der Waals surface area contributed by atoms with Gasteiger partial charge in [-0.3, -0.25) is 10.1 Å². The standard InChI is InChI=1S/C26H25N3O2S/c1-5-18-7-9-23-22(13-18)27-25(31-23)19-8-6-17(4)21(14-19)28-26(32)29-24(30)20-11-15(2)10-16(3)12-20/h6-14H,5H2,1-4H3,(H2,28,29,30,32). The molecule has 0 radical (unpaired) electrons. The Labute approximate surface area is 192 Å². The summed E-state index contributed by atoms with van der Waals surface area (Å²) >= 11 is 5.40. The number of fused-ring (bicyclic) bond motifs is 1. The third-order valence-corrected chi connectivity index (χ3v) is 5.51. The minimum Gasteiger partial charge on any atom is -0.436 e. The van der Waals surface area contributed by atoms with Crippen LogP contribution < -0.4 is 10.6 Å². The van der Waals surface area contributed by atoms with E-state index in [1.54, 1.807) is 0 Å². The van der Waals surface area contributed by atoms with Crippen molar-refractivity contribution in [2.45, 2.75) is 34.1 Å². The summed E-state index contributed by atoms with van der Waals surface area (Å²) in [6.45, 7) is 8.01. The lowest BCUT2D eigenvalue weighted by molar-refractivity contribution is 0.0977. The van der Waals surface area contributed by atoms with Crippen LogP contribution in [0.3, 0.4) is 0 Å². The van der Waals surface area contributed by atoms with Gasteiger partial charge in [-0.2, -0.15) is 0 Å². The van der Waals surface area contributed by atoms with E-state index in [0.29, 0.717) is 11.5 Å². The molecule has 1 aromatic heterocycles. The molecule has 6 heteroatoms. The summed E-state index contributed by atoms with van der Waals surface area (Å²) in [4.78, 5) is 17.3. The number of nitrogens with zero attached hydrogens (tertiary/aromatic N) is 1. The smallest absolute Gasteiger partial charge is 0.257 e. The largest absolute Gasteiger partial charge is 0.436 e. The minimum absolute atomic E-state index is 0.236. The Morgan fingerprint density at radius 2 is 1.75 bits per heavy atom. The molecule has 32 heavy (non-hydrogen) atoms. The molecule has 0 fully saturated rings. The molecular weight excluding hydrogens is 418 g/mol. The molecule has 0 bridgehead atoms. The Morgan fingerprint density at radius 3 is 2.47 bits per heavy atom. The van der Waals surface area contributed by atoms with E-state index in [-0.39, 0.29) is 11.0 Å². The number of oxazole rings is 1. The number of hydrogen-bond acceptors (Lipinski definition) is 4. The van der Waals surface area contributed by atoms with Crippen molar-refractivity contribution >= 4 is 40.0 Å². The third-order valence-electron chi connectivity index (χ3n) is 5.30. The molecule has 0 aliphatic rings. The first kappa shape index (κ1) is 21.7. The van der Waals surface area contributed by atoms with E-state index in [4.69, 9.17) is 16.6 Å². The number of carbonyl (C=O) groups is 1. The zero-order valence-electron chi connectivity index (χ0n) is 18.6. The van der Waals surface area contributed by atoms with Crippen LogP contribution in [0.5, 0.6) is 0 Å². The molecular formula is C26H25N3O2S. The summed E-state index contributed by atoms with van der Waals surface area (Å²) in [5, 5.41) is 6.13. The molecule has 2 N–H and O–H groups in total. The van der Waals surface area contributed by atoms with Crippen LogP contribution in [0, 0.1) is 20.8 Å². The number of amides is 1. The van der Waals surface area contributed by atoms with Crippen LogP contribution in [0.15, 0.2) is 59.0 Å². The number of benzene rings is 3. The number of rotatable bonds is 4. The summed E-state index contributed by atoms with van der Waals surface area (Å²) in [5.41, 5.74) is 8.04. The first-order valence-corrected chi connectivity index (χ1v) is 10.9. The summed E-state index contributed by atoms with van der Waals surface area (Å²) in [6.07, 6.45) is 0.946. The van der Waals surface area contributed by atoms with Crippen molar-refractivity contribution in [3.05, 3.63) is 82.4 Å². The van der Waals surface area contributed by atoms with Gasteiger partial charge in [0.25, 0.3) is 5.91 Å². The Bertz CT molecular complexity index is 1320. The average Bonchev–Trinajstić information content (AvgIpc) is 3.17. The zero-order valence-corrected chi connectivity index (χ0v) is 19.4. The highest BCUT2D eigenvalue weighted by Gasteiger charge is 2.13. The van der Waals surface area contributed by atoms with Crippen LogP contribution in [0.2, 0.25) is 0 Å². The topological polar surface area (TPSA) is 67.2 Å². The molecule has 0 aliphatic heterocycles. The average molecular weight is 444 g/mol. The van der Waals surface area contributed by atoms with Gasteiger partial charge in [0, 0.05) is 16.8 Å². The summed E-state index contributed by atoms with van der Waals surface area (Å²) in [7, 11) is 0. The van der Waals surface area contributed by atoms with Crippen molar-refractivity contribution in [1.82, 2.24) is 10.3 Å². The fourth-order valence-electron chi connectivity index (χ4n) is 3.64. The number of anilines is 1. The lowest BCUT2D eigenvalue weighted by atomic mass is 10.1. The number of nitrogens with one attached hydrogen (secondary N) is 2. The summed E-state index contributed by atoms with van der Waals surface area (Å²) < 4.78 is 5.96. The molecule has 0 spiro atoms. The SMILES string of the molecule is CCc1ccc2oc(-c3ccc(C)c(NC(=S)NC(=O)c4cc(C)cc(C)c4)c3)nc2c1. The van der Waals surface area contributed by atoms with E-state index in [9.17, 15) is 4.79 Å². The predicted molar refractivity (Wildman–Crippen MR) is 133 cm³/mol. The maximum atomic E-state index is 12.6. The van der Waals surface area contributed by atoms with Crippen LogP contribution in [0.4, 0.5) is 5.69 Å². The highest BCUT2D eigenvalue weighted by molar-refractivity contribution is 7.80. The zero-order chi connectivity index (χ0) is 22.8. The van der Waals surface area contributed by atoms with E-state index in [1.807, 2.05) is 69.3 Å². The van der Waals surface area contributed by atoms with Crippen molar-refractivity contribution in [3.63, 3.8) is 0 Å². The first-order chi connectivity index (χ1) is 15.3. The van der Waals surface area contributed by atoms with Gasteiger partial charge in [-0.05, 0) is 86.9 Å².